The molecule has 0 aliphatic carbocycles. The van der Waals surface area contributed by atoms with Crippen molar-refractivity contribution in [2.75, 3.05) is 5.32 Å². The Morgan fingerprint density at radius 1 is 1.07 bits per heavy atom. The van der Waals surface area contributed by atoms with Crippen molar-refractivity contribution in [3.05, 3.63) is 88.7 Å². The Kier molecular flexibility index (Phi) is 5.09. The maximum absolute atomic E-state index is 13.0. The van der Waals surface area contributed by atoms with Gasteiger partial charge in [-0.25, -0.2) is 8.78 Å². The van der Waals surface area contributed by atoms with Crippen molar-refractivity contribution < 1.29 is 13.6 Å². The summed E-state index contributed by atoms with van der Waals surface area (Å²) in [5.74, 6) is -0.954. The third-order valence-electron chi connectivity index (χ3n) is 4.17. The second kappa shape index (κ2) is 7.84. The van der Waals surface area contributed by atoms with Crippen molar-refractivity contribution in [1.29, 1.82) is 0 Å². The van der Waals surface area contributed by atoms with Gasteiger partial charge in [0.2, 0.25) is 0 Å². The largest absolute Gasteiger partial charge is 0.302 e. The smallest absolute Gasteiger partial charge is 0.274 e. The van der Waals surface area contributed by atoms with E-state index in [4.69, 9.17) is 11.6 Å². The summed E-state index contributed by atoms with van der Waals surface area (Å²) in [5, 5.41) is 13.8. The summed E-state index contributed by atoms with van der Waals surface area (Å²) in [7, 11) is 0. The minimum absolute atomic E-state index is 0.191. The van der Waals surface area contributed by atoms with E-state index in [-0.39, 0.29) is 28.2 Å². The number of aromatic amines is 1. The number of benzene rings is 2. The molecule has 146 valence electrons. The molecule has 2 aromatic carbocycles. The van der Waals surface area contributed by atoms with Gasteiger partial charge in [-0.2, -0.15) is 10.2 Å². The summed E-state index contributed by atoms with van der Waals surface area (Å²) in [6, 6.07) is 13.3. The Labute approximate surface area is 169 Å². The van der Waals surface area contributed by atoms with Crippen molar-refractivity contribution in [2.24, 2.45) is 0 Å². The molecule has 1 amide bonds. The van der Waals surface area contributed by atoms with E-state index in [0.29, 0.717) is 17.8 Å². The van der Waals surface area contributed by atoms with Gasteiger partial charge >= 0.3 is 0 Å². The highest BCUT2D eigenvalue weighted by Crippen LogP contribution is 2.22. The molecule has 0 aliphatic heterocycles. The third kappa shape index (κ3) is 4.33. The quantitative estimate of drug-likeness (QED) is 0.505. The lowest BCUT2D eigenvalue weighted by atomic mass is 10.1. The highest BCUT2D eigenvalue weighted by molar-refractivity contribution is 6.33. The summed E-state index contributed by atoms with van der Waals surface area (Å²) < 4.78 is 27.6. The molecule has 0 saturated carbocycles. The van der Waals surface area contributed by atoms with Crippen molar-refractivity contribution in [3.63, 3.8) is 0 Å². The summed E-state index contributed by atoms with van der Waals surface area (Å²) in [6.45, 7) is 0.370. The molecule has 29 heavy (non-hydrogen) atoms. The van der Waals surface area contributed by atoms with E-state index in [1.54, 1.807) is 41.2 Å². The fourth-order valence-corrected chi connectivity index (χ4v) is 2.92. The van der Waals surface area contributed by atoms with Gasteiger partial charge in [-0.1, -0.05) is 23.7 Å². The van der Waals surface area contributed by atoms with Crippen LogP contribution in [0.4, 0.5) is 14.6 Å². The number of H-pyrrole nitrogens is 1. The number of rotatable bonds is 5. The van der Waals surface area contributed by atoms with Gasteiger partial charge in [0, 0.05) is 11.8 Å². The molecule has 0 radical (unpaired) electrons. The topological polar surface area (TPSA) is 75.6 Å². The van der Waals surface area contributed by atoms with E-state index >= 15 is 0 Å². The molecular weight excluding hydrogens is 400 g/mol. The summed E-state index contributed by atoms with van der Waals surface area (Å²) in [6.07, 6.45) is 1.57. The van der Waals surface area contributed by atoms with Crippen molar-refractivity contribution in [3.8, 4) is 11.3 Å². The van der Waals surface area contributed by atoms with Crippen LogP contribution >= 0.6 is 11.6 Å². The van der Waals surface area contributed by atoms with Gasteiger partial charge in [0.25, 0.3) is 5.91 Å². The van der Waals surface area contributed by atoms with Gasteiger partial charge in [0.05, 0.1) is 12.2 Å². The Morgan fingerprint density at radius 3 is 2.41 bits per heavy atom. The first-order valence-corrected chi connectivity index (χ1v) is 8.96. The number of anilines is 1. The summed E-state index contributed by atoms with van der Waals surface area (Å²) in [5.41, 5.74) is 2.21. The Hall–Kier alpha value is -3.52. The molecule has 4 rings (SSSR count). The fourth-order valence-electron chi connectivity index (χ4n) is 2.72. The van der Waals surface area contributed by atoms with Crippen LogP contribution < -0.4 is 5.32 Å². The van der Waals surface area contributed by atoms with Gasteiger partial charge in [0.15, 0.2) is 5.82 Å². The van der Waals surface area contributed by atoms with Crippen LogP contribution in [0.5, 0.6) is 0 Å². The molecule has 2 N–H and O–H groups in total. The maximum Gasteiger partial charge on any atom is 0.274 e. The average molecular weight is 414 g/mol. The van der Waals surface area contributed by atoms with E-state index in [9.17, 15) is 13.6 Å². The Balaban J connectivity index is 1.46. The van der Waals surface area contributed by atoms with Crippen molar-refractivity contribution in [1.82, 2.24) is 20.0 Å². The molecule has 0 spiro atoms. The monoisotopic (exact) mass is 413 g/mol. The van der Waals surface area contributed by atoms with Crippen LogP contribution in [0.2, 0.25) is 5.02 Å². The predicted octanol–water partition coefficient (Wildman–Crippen LogP) is 4.51. The molecule has 0 aliphatic rings. The van der Waals surface area contributed by atoms with E-state index in [1.807, 2.05) is 0 Å². The summed E-state index contributed by atoms with van der Waals surface area (Å²) >= 11 is 6.16. The standard InChI is InChI=1S/C20H14ClF2N5O/c21-16-11-28(10-12-1-5-14(22)6-2-12)27-19(16)24-20(29)18-9-17(25-26-18)13-3-7-15(23)8-4-13/h1-9,11H,10H2,(H,25,26)(H,24,27,29). The number of nitrogens with one attached hydrogen (secondary N) is 2. The lowest BCUT2D eigenvalue weighted by molar-refractivity contribution is 0.102. The van der Waals surface area contributed by atoms with Gasteiger partial charge in [-0.05, 0) is 48.0 Å². The van der Waals surface area contributed by atoms with Crippen LogP contribution in [0, 0.1) is 11.6 Å². The van der Waals surface area contributed by atoms with Crippen molar-refractivity contribution in [2.45, 2.75) is 6.54 Å². The maximum atomic E-state index is 13.0. The second-order valence-electron chi connectivity index (χ2n) is 6.28. The van der Waals surface area contributed by atoms with Gasteiger partial charge in [-0.15, -0.1) is 0 Å². The van der Waals surface area contributed by atoms with Crippen LogP contribution in [0.15, 0.2) is 60.8 Å². The highest BCUT2D eigenvalue weighted by atomic mass is 35.5. The molecule has 0 bridgehead atoms. The molecule has 4 aromatic rings. The van der Waals surface area contributed by atoms with E-state index < -0.39 is 5.91 Å². The molecule has 9 heteroatoms. The fraction of sp³-hybridized carbons (Fsp3) is 0.0500. The molecule has 0 atom stereocenters. The first kappa shape index (κ1) is 18.8. The number of carbonyl (C=O) groups excluding carboxylic acids is 1. The minimum Gasteiger partial charge on any atom is -0.302 e. The first-order chi connectivity index (χ1) is 14.0. The SMILES string of the molecule is O=C(Nc1nn(Cc2ccc(F)cc2)cc1Cl)c1cc(-c2ccc(F)cc2)n[nH]1. The van der Waals surface area contributed by atoms with E-state index in [1.165, 1.54) is 24.3 Å². The van der Waals surface area contributed by atoms with Crippen molar-refractivity contribution >= 4 is 23.3 Å². The molecule has 0 saturated heterocycles. The van der Waals surface area contributed by atoms with E-state index in [2.05, 4.69) is 20.6 Å². The molecular formula is C20H14ClF2N5O. The van der Waals surface area contributed by atoms with Crippen LogP contribution in [0.3, 0.4) is 0 Å². The lowest BCUT2D eigenvalue weighted by Crippen LogP contribution is -2.13. The number of amides is 1. The van der Waals surface area contributed by atoms with Crippen LogP contribution in [0.1, 0.15) is 16.1 Å². The summed E-state index contributed by atoms with van der Waals surface area (Å²) in [4.78, 5) is 12.5. The second-order valence-corrected chi connectivity index (χ2v) is 6.68. The Bertz CT molecular complexity index is 1150. The number of carbonyl (C=O) groups is 1. The number of aromatic nitrogens is 4. The third-order valence-corrected chi connectivity index (χ3v) is 4.45. The molecule has 6 nitrogen and oxygen atoms in total. The first-order valence-electron chi connectivity index (χ1n) is 8.58. The normalized spacial score (nSPS) is 10.9. The Morgan fingerprint density at radius 2 is 1.72 bits per heavy atom. The van der Waals surface area contributed by atoms with Crippen LogP contribution in [-0.4, -0.2) is 25.9 Å². The van der Waals surface area contributed by atoms with Crippen LogP contribution in [-0.2, 0) is 6.54 Å². The van der Waals surface area contributed by atoms with Gasteiger partial charge in [-0.3, -0.25) is 14.6 Å². The average Bonchev–Trinajstić information content (AvgIpc) is 3.32. The zero-order chi connectivity index (χ0) is 20.4. The number of hydrogen-bond acceptors (Lipinski definition) is 3. The highest BCUT2D eigenvalue weighted by Gasteiger charge is 2.15. The zero-order valence-corrected chi connectivity index (χ0v) is 15.6. The minimum atomic E-state index is -0.472. The molecule has 0 fully saturated rings. The predicted molar refractivity (Wildman–Crippen MR) is 105 cm³/mol. The molecule has 2 heterocycles. The van der Waals surface area contributed by atoms with E-state index in [0.717, 1.165) is 5.56 Å². The number of hydrogen-bond donors (Lipinski definition) is 2. The van der Waals surface area contributed by atoms with Gasteiger partial charge < -0.3 is 5.32 Å². The molecule has 0 unspecified atom stereocenters. The number of halogens is 3. The molecule has 2 aromatic heterocycles. The zero-order valence-electron chi connectivity index (χ0n) is 14.9. The van der Waals surface area contributed by atoms with Crippen LogP contribution in [0.25, 0.3) is 11.3 Å². The van der Waals surface area contributed by atoms with Gasteiger partial charge in [0.1, 0.15) is 22.4 Å². The number of nitrogens with zero attached hydrogens (tertiary/aromatic N) is 3. The lowest BCUT2D eigenvalue weighted by Gasteiger charge is -2.02.